The van der Waals surface area contributed by atoms with Crippen molar-refractivity contribution >= 4 is 10.0 Å². The van der Waals surface area contributed by atoms with Gasteiger partial charge in [0.15, 0.2) is 0 Å². The Kier molecular flexibility index (Phi) is 6.27. The summed E-state index contributed by atoms with van der Waals surface area (Å²) in [6.45, 7) is 7.35. The van der Waals surface area contributed by atoms with E-state index < -0.39 is 10.0 Å². The van der Waals surface area contributed by atoms with Gasteiger partial charge in [-0.25, -0.2) is 13.6 Å². The quantitative estimate of drug-likeness (QED) is 0.817. The van der Waals surface area contributed by atoms with Crippen LogP contribution in [0.1, 0.15) is 52.9 Å². The second-order valence-electron chi connectivity index (χ2n) is 6.93. The first-order chi connectivity index (χ1) is 8.68. The molecule has 0 radical (unpaired) electrons. The maximum atomic E-state index is 11.3. The fourth-order valence-corrected chi connectivity index (χ4v) is 3.72. The van der Waals surface area contributed by atoms with Crippen LogP contribution in [0.2, 0.25) is 0 Å². The predicted molar refractivity (Wildman–Crippen MR) is 78.3 cm³/mol. The highest BCUT2D eigenvalue weighted by Gasteiger charge is 2.28. The first-order valence-electron chi connectivity index (χ1n) is 7.26. The van der Waals surface area contributed by atoms with E-state index in [0.29, 0.717) is 12.5 Å². The summed E-state index contributed by atoms with van der Waals surface area (Å²) in [4.78, 5) is 0. The Bertz CT molecular complexity index is 353. The third-order valence-electron chi connectivity index (χ3n) is 4.06. The van der Waals surface area contributed by atoms with Gasteiger partial charge in [0.25, 0.3) is 0 Å². The van der Waals surface area contributed by atoms with Gasteiger partial charge in [-0.2, -0.15) is 0 Å². The minimum Gasteiger partial charge on any atom is -0.381 e. The second kappa shape index (κ2) is 7.04. The Hall–Kier alpha value is -0.130. The standard InChI is InChI=1S/C14H29NO3S/c1-14(2,3)13(11-19(15,16)17)10-18-9-12-7-5-4-6-8-12/h12-13H,4-11H2,1-3H3,(H2,15,16,17). The molecule has 5 heteroatoms. The lowest BCUT2D eigenvalue weighted by Crippen LogP contribution is -2.35. The molecule has 0 aromatic carbocycles. The number of hydrogen-bond donors (Lipinski definition) is 1. The number of rotatable bonds is 6. The van der Waals surface area contributed by atoms with Crippen LogP contribution < -0.4 is 5.14 Å². The molecular weight excluding hydrogens is 262 g/mol. The summed E-state index contributed by atoms with van der Waals surface area (Å²) >= 11 is 0. The minimum absolute atomic E-state index is 0.00116. The molecule has 1 atom stereocenters. The van der Waals surface area contributed by atoms with Gasteiger partial charge in [-0.15, -0.1) is 0 Å². The normalized spacial score (nSPS) is 20.4. The summed E-state index contributed by atoms with van der Waals surface area (Å²) in [7, 11) is -3.44. The highest BCUT2D eigenvalue weighted by molar-refractivity contribution is 7.89. The third-order valence-corrected chi connectivity index (χ3v) is 4.92. The number of hydrogen-bond acceptors (Lipinski definition) is 3. The van der Waals surface area contributed by atoms with Gasteiger partial charge in [-0.05, 0) is 24.2 Å². The van der Waals surface area contributed by atoms with Gasteiger partial charge < -0.3 is 4.74 Å². The van der Waals surface area contributed by atoms with Crippen LogP contribution in [-0.2, 0) is 14.8 Å². The molecule has 1 aliphatic carbocycles. The van der Waals surface area contributed by atoms with E-state index in [4.69, 9.17) is 9.88 Å². The van der Waals surface area contributed by atoms with Crippen molar-refractivity contribution in [3.63, 3.8) is 0 Å². The van der Waals surface area contributed by atoms with Gasteiger partial charge in [0.05, 0.1) is 12.4 Å². The highest BCUT2D eigenvalue weighted by atomic mass is 32.2. The van der Waals surface area contributed by atoms with Gasteiger partial charge in [0, 0.05) is 12.5 Å². The third kappa shape index (κ3) is 7.28. The zero-order valence-corrected chi connectivity index (χ0v) is 13.3. The Balaban J connectivity index is 2.40. The average molecular weight is 291 g/mol. The first kappa shape index (κ1) is 16.9. The highest BCUT2D eigenvalue weighted by Crippen LogP contribution is 2.28. The number of sulfonamides is 1. The van der Waals surface area contributed by atoms with E-state index in [1.807, 2.05) is 20.8 Å². The molecule has 0 aromatic rings. The Labute approximate surface area is 118 Å². The lowest BCUT2D eigenvalue weighted by Gasteiger charge is -2.30. The number of primary sulfonamides is 1. The van der Waals surface area contributed by atoms with E-state index in [1.165, 1.54) is 32.1 Å². The van der Waals surface area contributed by atoms with E-state index in [9.17, 15) is 8.42 Å². The molecule has 0 aliphatic heterocycles. The summed E-state index contributed by atoms with van der Waals surface area (Å²) in [5, 5.41) is 5.16. The van der Waals surface area contributed by atoms with E-state index in [1.54, 1.807) is 0 Å². The first-order valence-corrected chi connectivity index (χ1v) is 8.98. The van der Waals surface area contributed by atoms with Crippen molar-refractivity contribution in [3.05, 3.63) is 0 Å². The van der Waals surface area contributed by atoms with E-state index in [0.717, 1.165) is 6.61 Å². The van der Waals surface area contributed by atoms with E-state index in [-0.39, 0.29) is 17.1 Å². The molecule has 0 aromatic heterocycles. The molecule has 114 valence electrons. The van der Waals surface area contributed by atoms with Crippen molar-refractivity contribution in [1.29, 1.82) is 0 Å². The van der Waals surface area contributed by atoms with Crippen molar-refractivity contribution < 1.29 is 13.2 Å². The fourth-order valence-electron chi connectivity index (χ4n) is 2.56. The molecule has 1 saturated carbocycles. The maximum absolute atomic E-state index is 11.3. The molecule has 0 spiro atoms. The second-order valence-corrected chi connectivity index (χ2v) is 8.59. The van der Waals surface area contributed by atoms with Crippen molar-refractivity contribution in [1.82, 2.24) is 0 Å². The van der Waals surface area contributed by atoms with Crippen LogP contribution in [0.25, 0.3) is 0 Å². The molecule has 1 unspecified atom stereocenters. The smallest absolute Gasteiger partial charge is 0.209 e. The predicted octanol–water partition coefficient (Wildman–Crippen LogP) is 2.53. The number of ether oxygens (including phenoxy) is 1. The maximum Gasteiger partial charge on any atom is 0.209 e. The largest absolute Gasteiger partial charge is 0.381 e. The van der Waals surface area contributed by atoms with Crippen LogP contribution in [0.15, 0.2) is 0 Å². The van der Waals surface area contributed by atoms with Crippen molar-refractivity contribution in [2.24, 2.45) is 22.4 Å². The average Bonchev–Trinajstić information content (AvgIpc) is 2.26. The van der Waals surface area contributed by atoms with Gasteiger partial charge in [0.1, 0.15) is 0 Å². The monoisotopic (exact) mass is 291 g/mol. The molecule has 4 nitrogen and oxygen atoms in total. The molecule has 0 bridgehead atoms. The topological polar surface area (TPSA) is 69.4 Å². The van der Waals surface area contributed by atoms with E-state index >= 15 is 0 Å². The van der Waals surface area contributed by atoms with Crippen LogP contribution in [0, 0.1) is 17.3 Å². The molecule has 1 fully saturated rings. The molecular formula is C14H29NO3S. The molecule has 1 aliphatic rings. The number of nitrogens with two attached hydrogens (primary N) is 1. The van der Waals surface area contributed by atoms with E-state index in [2.05, 4.69) is 0 Å². The van der Waals surface area contributed by atoms with Crippen LogP contribution in [-0.4, -0.2) is 27.4 Å². The summed E-state index contributed by atoms with van der Waals surface area (Å²) in [5.74, 6) is 0.608. The molecule has 0 amide bonds. The summed E-state index contributed by atoms with van der Waals surface area (Å²) < 4.78 is 28.3. The van der Waals surface area contributed by atoms with Crippen molar-refractivity contribution in [2.75, 3.05) is 19.0 Å². The zero-order valence-electron chi connectivity index (χ0n) is 12.5. The molecule has 2 N–H and O–H groups in total. The lowest BCUT2D eigenvalue weighted by molar-refractivity contribution is 0.0366. The van der Waals surface area contributed by atoms with Crippen molar-refractivity contribution in [3.8, 4) is 0 Å². The Morgan fingerprint density at radius 1 is 1.21 bits per heavy atom. The molecule has 0 saturated heterocycles. The van der Waals surface area contributed by atoms with Gasteiger partial charge in [-0.1, -0.05) is 40.0 Å². The van der Waals surface area contributed by atoms with Gasteiger partial charge >= 0.3 is 0 Å². The summed E-state index contributed by atoms with van der Waals surface area (Å²) in [5.41, 5.74) is -0.112. The van der Waals surface area contributed by atoms with Crippen LogP contribution >= 0.6 is 0 Å². The zero-order chi connectivity index (χ0) is 14.5. The van der Waals surface area contributed by atoms with Gasteiger partial charge in [-0.3, -0.25) is 0 Å². The van der Waals surface area contributed by atoms with Crippen LogP contribution in [0.5, 0.6) is 0 Å². The molecule has 0 heterocycles. The van der Waals surface area contributed by atoms with Crippen molar-refractivity contribution in [2.45, 2.75) is 52.9 Å². The SMILES string of the molecule is CC(C)(C)C(COCC1CCCCC1)CS(N)(=O)=O. The fraction of sp³-hybridized carbons (Fsp3) is 1.00. The van der Waals surface area contributed by atoms with Crippen LogP contribution in [0.3, 0.4) is 0 Å². The molecule has 1 rings (SSSR count). The Morgan fingerprint density at radius 2 is 1.79 bits per heavy atom. The lowest BCUT2D eigenvalue weighted by atomic mass is 9.82. The minimum atomic E-state index is -3.44. The Morgan fingerprint density at radius 3 is 2.26 bits per heavy atom. The van der Waals surface area contributed by atoms with Crippen LogP contribution in [0.4, 0.5) is 0 Å². The summed E-state index contributed by atoms with van der Waals surface area (Å²) in [6, 6.07) is 0. The van der Waals surface area contributed by atoms with Gasteiger partial charge in [0.2, 0.25) is 10.0 Å². The summed E-state index contributed by atoms with van der Waals surface area (Å²) in [6.07, 6.45) is 6.43. The molecule has 19 heavy (non-hydrogen) atoms.